The molecule has 146 valence electrons. The molecule has 1 aromatic heterocycles. The van der Waals surface area contributed by atoms with Gasteiger partial charge in [0, 0.05) is 12.6 Å². The molecule has 1 fully saturated rings. The van der Waals surface area contributed by atoms with Crippen LogP contribution in [0.5, 0.6) is 0 Å². The molecule has 2 aromatic rings. The molecule has 1 unspecified atom stereocenters. The van der Waals surface area contributed by atoms with E-state index in [1.165, 1.54) is 11.8 Å². The number of sulfone groups is 1. The van der Waals surface area contributed by atoms with Crippen molar-refractivity contribution in [2.45, 2.75) is 37.5 Å². The van der Waals surface area contributed by atoms with E-state index in [2.05, 4.69) is 15.5 Å². The monoisotopic (exact) mass is 409 g/mol. The zero-order chi connectivity index (χ0) is 19.3. The smallest absolute Gasteiger partial charge is 0.233 e. The van der Waals surface area contributed by atoms with Crippen LogP contribution < -0.4 is 0 Å². The third-order valence-corrected chi connectivity index (χ3v) is 7.13. The van der Waals surface area contributed by atoms with Gasteiger partial charge in [0.15, 0.2) is 9.84 Å². The summed E-state index contributed by atoms with van der Waals surface area (Å²) in [4.78, 5) is 14.4. The van der Waals surface area contributed by atoms with Gasteiger partial charge in [0.05, 0.1) is 23.8 Å². The molecule has 1 saturated heterocycles. The van der Waals surface area contributed by atoms with Crippen LogP contribution in [0.3, 0.4) is 0 Å². The average molecular weight is 410 g/mol. The van der Waals surface area contributed by atoms with Gasteiger partial charge in [-0.25, -0.2) is 13.1 Å². The van der Waals surface area contributed by atoms with Gasteiger partial charge < -0.3 is 4.90 Å². The van der Waals surface area contributed by atoms with Crippen molar-refractivity contribution < 1.29 is 13.2 Å². The molecule has 3 rings (SSSR count). The maximum absolute atomic E-state index is 12.7. The summed E-state index contributed by atoms with van der Waals surface area (Å²) in [6.45, 7) is 3.08. The molecule has 1 aromatic carbocycles. The Morgan fingerprint density at radius 1 is 1.33 bits per heavy atom. The van der Waals surface area contributed by atoms with Gasteiger partial charge in [-0.05, 0) is 28.8 Å². The molecular weight excluding hydrogens is 386 g/mol. The van der Waals surface area contributed by atoms with Crippen LogP contribution >= 0.6 is 11.8 Å². The molecule has 1 aliphatic rings. The van der Waals surface area contributed by atoms with Gasteiger partial charge >= 0.3 is 0 Å². The minimum atomic E-state index is -3.03. The van der Waals surface area contributed by atoms with E-state index in [0.717, 1.165) is 12.0 Å². The largest absolute Gasteiger partial charge is 0.338 e. The quantitative estimate of drug-likeness (QED) is 0.605. The lowest BCUT2D eigenvalue weighted by molar-refractivity contribution is -0.130. The van der Waals surface area contributed by atoms with Crippen LogP contribution in [-0.2, 0) is 21.2 Å². The van der Waals surface area contributed by atoms with Crippen molar-refractivity contribution in [3.05, 3.63) is 35.9 Å². The van der Waals surface area contributed by atoms with Gasteiger partial charge in [0.1, 0.15) is 0 Å². The summed E-state index contributed by atoms with van der Waals surface area (Å²) in [5, 5.41) is 12.3. The summed E-state index contributed by atoms with van der Waals surface area (Å²) in [5.74, 6) is 0.340. The van der Waals surface area contributed by atoms with Crippen molar-refractivity contribution in [2.75, 3.05) is 23.8 Å². The van der Waals surface area contributed by atoms with E-state index >= 15 is 0 Å². The molecule has 2 heterocycles. The molecule has 1 amide bonds. The zero-order valence-electron chi connectivity index (χ0n) is 15.2. The molecule has 0 spiro atoms. The molecule has 0 radical (unpaired) electrons. The first-order chi connectivity index (χ1) is 13.0. The molecule has 0 bridgehead atoms. The Kier molecular flexibility index (Phi) is 6.48. The van der Waals surface area contributed by atoms with E-state index in [4.69, 9.17) is 0 Å². The summed E-state index contributed by atoms with van der Waals surface area (Å²) in [6, 6.07) is 9.62. The van der Waals surface area contributed by atoms with E-state index < -0.39 is 9.84 Å². The minimum Gasteiger partial charge on any atom is -0.338 e. The topological polar surface area (TPSA) is 98.1 Å². The average Bonchev–Trinajstić information content (AvgIpc) is 3.24. The highest BCUT2D eigenvalue weighted by molar-refractivity contribution is 7.99. The van der Waals surface area contributed by atoms with Crippen LogP contribution in [-0.4, -0.2) is 69.3 Å². The SMILES string of the molecule is CCCN(C(=O)CSc1nnnn1Cc1ccccc1)C1CCS(=O)(=O)C1. The Morgan fingerprint density at radius 3 is 2.78 bits per heavy atom. The van der Waals surface area contributed by atoms with Crippen molar-refractivity contribution in [1.29, 1.82) is 0 Å². The molecule has 8 nitrogen and oxygen atoms in total. The number of rotatable bonds is 8. The van der Waals surface area contributed by atoms with E-state index in [9.17, 15) is 13.2 Å². The Morgan fingerprint density at radius 2 is 2.11 bits per heavy atom. The maximum Gasteiger partial charge on any atom is 0.233 e. The summed E-state index contributed by atoms with van der Waals surface area (Å²) in [7, 11) is -3.03. The molecule has 1 atom stereocenters. The Hall–Kier alpha value is -1.94. The van der Waals surface area contributed by atoms with Crippen molar-refractivity contribution in [1.82, 2.24) is 25.1 Å². The Bertz CT molecular complexity index is 870. The zero-order valence-corrected chi connectivity index (χ0v) is 16.8. The molecule has 0 N–H and O–H groups in total. The number of nitrogens with zero attached hydrogens (tertiary/aromatic N) is 5. The van der Waals surface area contributed by atoms with Crippen LogP contribution in [0, 0.1) is 0 Å². The molecular formula is C17H23N5O3S2. The number of carbonyl (C=O) groups excluding carboxylic acids is 1. The van der Waals surface area contributed by atoms with Crippen LogP contribution in [0.15, 0.2) is 35.5 Å². The highest BCUT2D eigenvalue weighted by atomic mass is 32.2. The van der Waals surface area contributed by atoms with Gasteiger partial charge in [-0.1, -0.05) is 49.0 Å². The highest BCUT2D eigenvalue weighted by Gasteiger charge is 2.34. The molecule has 0 aliphatic carbocycles. The van der Waals surface area contributed by atoms with Gasteiger partial charge in [0.25, 0.3) is 0 Å². The number of amides is 1. The third-order valence-electron chi connectivity index (χ3n) is 4.43. The standard InChI is InChI=1S/C17H23N5O3S2/c1-2-9-21(15-8-10-27(24,25)13-15)16(23)12-26-17-18-19-20-22(17)11-14-6-4-3-5-7-14/h3-7,15H,2,8-13H2,1H3. The molecule has 0 saturated carbocycles. The van der Waals surface area contributed by atoms with Gasteiger partial charge in [-0.15, -0.1) is 5.10 Å². The minimum absolute atomic E-state index is 0.0646. The number of hydrogen-bond acceptors (Lipinski definition) is 7. The first-order valence-electron chi connectivity index (χ1n) is 8.91. The van der Waals surface area contributed by atoms with Crippen molar-refractivity contribution in [3.63, 3.8) is 0 Å². The normalized spacial score (nSPS) is 18.5. The number of hydrogen-bond donors (Lipinski definition) is 0. The van der Waals surface area contributed by atoms with Crippen LogP contribution in [0.2, 0.25) is 0 Å². The lowest BCUT2D eigenvalue weighted by Gasteiger charge is -2.27. The molecule has 10 heteroatoms. The summed E-state index contributed by atoms with van der Waals surface area (Å²) < 4.78 is 25.2. The van der Waals surface area contributed by atoms with Gasteiger partial charge in [-0.2, -0.15) is 0 Å². The lowest BCUT2D eigenvalue weighted by atomic mass is 10.2. The second kappa shape index (κ2) is 8.83. The maximum atomic E-state index is 12.7. The van der Waals surface area contributed by atoms with Gasteiger partial charge in [0.2, 0.25) is 11.1 Å². The first-order valence-corrected chi connectivity index (χ1v) is 11.7. The van der Waals surface area contributed by atoms with Crippen LogP contribution in [0.25, 0.3) is 0 Å². The van der Waals surface area contributed by atoms with E-state index in [0.29, 0.717) is 24.7 Å². The number of tetrazole rings is 1. The summed E-state index contributed by atoms with van der Waals surface area (Å²) in [5.41, 5.74) is 1.07. The van der Waals surface area contributed by atoms with E-state index in [1.54, 1.807) is 9.58 Å². The fraction of sp³-hybridized carbons (Fsp3) is 0.529. The second-order valence-electron chi connectivity index (χ2n) is 6.54. The first kappa shape index (κ1) is 19.8. The van der Waals surface area contributed by atoms with E-state index in [1.807, 2.05) is 37.3 Å². The van der Waals surface area contributed by atoms with Gasteiger partial charge in [-0.3, -0.25) is 4.79 Å². The highest BCUT2D eigenvalue weighted by Crippen LogP contribution is 2.21. The second-order valence-corrected chi connectivity index (χ2v) is 9.71. The van der Waals surface area contributed by atoms with Crippen LogP contribution in [0.4, 0.5) is 0 Å². The molecule has 27 heavy (non-hydrogen) atoms. The number of benzene rings is 1. The number of thioether (sulfide) groups is 1. The molecule has 1 aliphatic heterocycles. The number of aromatic nitrogens is 4. The fourth-order valence-electron chi connectivity index (χ4n) is 3.14. The van der Waals surface area contributed by atoms with Crippen molar-refractivity contribution in [3.8, 4) is 0 Å². The van der Waals surface area contributed by atoms with Crippen molar-refractivity contribution in [2.24, 2.45) is 0 Å². The predicted octanol–water partition coefficient (Wildman–Crippen LogP) is 1.24. The van der Waals surface area contributed by atoms with Crippen molar-refractivity contribution >= 4 is 27.5 Å². The number of carbonyl (C=O) groups is 1. The Labute approximate surface area is 163 Å². The fourth-order valence-corrected chi connectivity index (χ4v) is 5.63. The third kappa shape index (κ3) is 5.29. The Balaban J connectivity index is 1.62. The van der Waals surface area contributed by atoms with E-state index in [-0.39, 0.29) is 29.2 Å². The van der Waals surface area contributed by atoms with Crippen LogP contribution in [0.1, 0.15) is 25.3 Å². The summed E-state index contributed by atoms with van der Waals surface area (Å²) >= 11 is 1.28. The predicted molar refractivity (Wildman–Crippen MR) is 103 cm³/mol. The lowest BCUT2D eigenvalue weighted by Crippen LogP contribution is -2.42. The summed E-state index contributed by atoms with van der Waals surface area (Å²) in [6.07, 6.45) is 1.31.